The number of benzene rings is 2. The molecule has 0 aliphatic rings. The Labute approximate surface area is 154 Å². The largest absolute Gasteiger partial charge is 0.496 e. The molecule has 0 bridgehead atoms. The molecule has 0 saturated carbocycles. The van der Waals surface area contributed by atoms with Gasteiger partial charge >= 0.3 is 0 Å². The fraction of sp³-hybridized carbons (Fsp3) is 0.333. The van der Waals surface area contributed by atoms with Crippen molar-refractivity contribution in [2.75, 3.05) is 12.4 Å². The van der Waals surface area contributed by atoms with Crippen molar-refractivity contribution in [1.29, 1.82) is 0 Å². The number of Topliss-reactive ketones (excluding diaryl/α,β-unsaturated/α-hetero) is 1. The number of carbonyl (C=O) groups is 2. The smallest absolute Gasteiger partial charge is 0.228 e. The molecule has 5 heteroatoms. The maximum Gasteiger partial charge on any atom is 0.228 e. The van der Waals surface area contributed by atoms with E-state index < -0.39 is 6.10 Å². The van der Waals surface area contributed by atoms with Crippen molar-refractivity contribution in [3.05, 3.63) is 59.2 Å². The van der Waals surface area contributed by atoms with Gasteiger partial charge in [-0.15, -0.1) is 0 Å². The van der Waals surface area contributed by atoms with Crippen molar-refractivity contribution in [2.24, 2.45) is 5.92 Å². The van der Waals surface area contributed by atoms with Crippen molar-refractivity contribution < 1.29 is 19.4 Å². The van der Waals surface area contributed by atoms with Crippen LogP contribution in [0, 0.1) is 5.92 Å². The highest BCUT2D eigenvalue weighted by Crippen LogP contribution is 2.28. The molecule has 5 nitrogen and oxygen atoms in total. The predicted molar refractivity (Wildman–Crippen MR) is 102 cm³/mol. The number of anilines is 1. The van der Waals surface area contributed by atoms with Crippen LogP contribution in [0.5, 0.6) is 5.75 Å². The van der Waals surface area contributed by atoms with Gasteiger partial charge in [-0.05, 0) is 37.1 Å². The second kappa shape index (κ2) is 8.63. The molecule has 0 saturated heterocycles. The molecule has 2 aromatic rings. The van der Waals surface area contributed by atoms with Crippen molar-refractivity contribution in [3.63, 3.8) is 0 Å². The third-order valence-electron chi connectivity index (χ3n) is 4.22. The number of aliphatic hydroxyl groups is 1. The van der Waals surface area contributed by atoms with E-state index in [0.717, 1.165) is 0 Å². The van der Waals surface area contributed by atoms with Gasteiger partial charge in [0.25, 0.3) is 0 Å². The number of para-hydroxylation sites is 1. The SMILES string of the molecule is COc1ccc(C(C)=O)cc1CC(=O)Nc1ccccc1C(O)C(C)C. The number of methoxy groups -OCH3 is 1. The second-order valence-electron chi connectivity index (χ2n) is 6.58. The Morgan fingerprint density at radius 1 is 1.15 bits per heavy atom. The Kier molecular flexibility index (Phi) is 6.52. The van der Waals surface area contributed by atoms with E-state index in [1.807, 2.05) is 26.0 Å². The van der Waals surface area contributed by atoms with E-state index in [9.17, 15) is 14.7 Å². The monoisotopic (exact) mass is 355 g/mol. The summed E-state index contributed by atoms with van der Waals surface area (Å²) in [5.74, 6) is 0.271. The molecule has 0 aliphatic carbocycles. The first kappa shape index (κ1) is 19.7. The Morgan fingerprint density at radius 3 is 2.46 bits per heavy atom. The highest BCUT2D eigenvalue weighted by Gasteiger charge is 2.18. The van der Waals surface area contributed by atoms with Crippen LogP contribution in [0.3, 0.4) is 0 Å². The molecule has 0 aliphatic heterocycles. The minimum absolute atomic E-state index is 0.0281. The molecule has 0 spiro atoms. The second-order valence-corrected chi connectivity index (χ2v) is 6.58. The molecule has 138 valence electrons. The summed E-state index contributed by atoms with van der Waals surface area (Å²) in [6.45, 7) is 5.32. The van der Waals surface area contributed by atoms with Crippen LogP contribution in [0.15, 0.2) is 42.5 Å². The third kappa shape index (κ3) is 4.70. The van der Waals surface area contributed by atoms with Crippen molar-refractivity contribution in [3.8, 4) is 5.75 Å². The van der Waals surface area contributed by atoms with Gasteiger partial charge in [0.2, 0.25) is 5.91 Å². The van der Waals surface area contributed by atoms with E-state index in [2.05, 4.69) is 5.32 Å². The van der Waals surface area contributed by atoms with Crippen LogP contribution in [0.2, 0.25) is 0 Å². The van der Waals surface area contributed by atoms with E-state index in [1.54, 1.807) is 30.3 Å². The summed E-state index contributed by atoms with van der Waals surface area (Å²) >= 11 is 0. The lowest BCUT2D eigenvalue weighted by molar-refractivity contribution is -0.115. The van der Waals surface area contributed by atoms with E-state index in [-0.39, 0.29) is 24.0 Å². The Morgan fingerprint density at radius 2 is 1.85 bits per heavy atom. The molecule has 2 aromatic carbocycles. The maximum atomic E-state index is 12.5. The summed E-state index contributed by atoms with van der Waals surface area (Å²) in [6, 6.07) is 12.3. The molecule has 26 heavy (non-hydrogen) atoms. The molecule has 2 N–H and O–H groups in total. The fourth-order valence-electron chi connectivity index (χ4n) is 2.73. The van der Waals surface area contributed by atoms with Gasteiger partial charge in [-0.25, -0.2) is 0 Å². The van der Waals surface area contributed by atoms with Gasteiger partial charge in [-0.3, -0.25) is 9.59 Å². The molecule has 1 amide bonds. The highest BCUT2D eigenvalue weighted by atomic mass is 16.5. The zero-order valence-corrected chi connectivity index (χ0v) is 15.6. The van der Waals surface area contributed by atoms with Gasteiger partial charge in [0, 0.05) is 22.4 Å². The summed E-state index contributed by atoms with van der Waals surface area (Å²) in [6.07, 6.45) is -0.599. The van der Waals surface area contributed by atoms with Gasteiger partial charge in [0.05, 0.1) is 19.6 Å². The standard InChI is InChI=1S/C21H25NO4/c1-13(2)21(25)17-7-5-6-8-18(17)22-20(24)12-16-11-15(14(3)23)9-10-19(16)26-4/h5-11,13,21,25H,12H2,1-4H3,(H,22,24). The van der Waals surface area contributed by atoms with E-state index >= 15 is 0 Å². The normalized spacial score (nSPS) is 11.9. The third-order valence-corrected chi connectivity index (χ3v) is 4.22. The molecule has 0 aromatic heterocycles. The van der Waals surface area contributed by atoms with E-state index in [0.29, 0.717) is 28.1 Å². The van der Waals surface area contributed by atoms with Crippen LogP contribution in [0.25, 0.3) is 0 Å². The first-order valence-electron chi connectivity index (χ1n) is 8.58. The zero-order valence-electron chi connectivity index (χ0n) is 15.6. The molecule has 1 atom stereocenters. The van der Waals surface area contributed by atoms with Gasteiger partial charge in [0.1, 0.15) is 5.75 Å². The number of ketones is 1. The van der Waals surface area contributed by atoms with Gasteiger partial charge in [-0.2, -0.15) is 0 Å². The number of hydrogen-bond acceptors (Lipinski definition) is 4. The van der Waals surface area contributed by atoms with Crippen molar-refractivity contribution >= 4 is 17.4 Å². The number of rotatable bonds is 7. The summed E-state index contributed by atoms with van der Waals surface area (Å²) in [4.78, 5) is 24.1. The first-order chi connectivity index (χ1) is 12.3. The van der Waals surface area contributed by atoms with Crippen LogP contribution in [0.4, 0.5) is 5.69 Å². The molecular formula is C21H25NO4. The summed E-state index contributed by atoms with van der Waals surface area (Å²) < 4.78 is 5.29. The zero-order chi connectivity index (χ0) is 19.3. The van der Waals surface area contributed by atoms with Crippen LogP contribution in [0.1, 0.15) is 48.4 Å². The predicted octanol–water partition coefficient (Wildman–Crippen LogP) is 3.77. The highest BCUT2D eigenvalue weighted by molar-refractivity contribution is 5.96. The molecule has 1 unspecified atom stereocenters. The topological polar surface area (TPSA) is 75.6 Å². The lowest BCUT2D eigenvalue weighted by atomic mass is 9.97. The van der Waals surface area contributed by atoms with Gasteiger partial charge in [0.15, 0.2) is 5.78 Å². The minimum Gasteiger partial charge on any atom is -0.496 e. The maximum absolute atomic E-state index is 12.5. The number of ether oxygens (including phenoxy) is 1. The van der Waals surface area contributed by atoms with Crippen LogP contribution in [-0.2, 0) is 11.2 Å². The average Bonchev–Trinajstić information content (AvgIpc) is 2.61. The Balaban J connectivity index is 2.22. The van der Waals surface area contributed by atoms with Crippen LogP contribution in [-0.4, -0.2) is 23.9 Å². The number of hydrogen-bond donors (Lipinski definition) is 2. The number of nitrogens with one attached hydrogen (secondary N) is 1. The molecule has 2 rings (SSSR count). The number of aliphatic hydroxyl groups excluding tert-OH is 1. The Bertz CT molecular complexity index is 798. The molecule has 0 fully saturated rings. The van der Waals surface area contributed by atoms with Crippen LogP contribution < -0.4 is 10.1 Å². The summed E-state index contributed by atoms with van der Waals surface area (Å²) in [5.41, 5.74) is 2.43. The quantitative estimate of drug-likeness (QED) is 0.742. The minimum atomic E-state index is -0.665. The van der Waals surface area contributed by atoms with Gasteiger partial charge in [-0.1, -0.05) is 32.0 Å². The lowest BCUT2D eigenvalue weighted by Gasteiger charge is -2.19. The summed E-state index contributed by atoms with van der Waals surface area (Å²) in [5, 5.41) is 13.2. The molecule has 0 radical (unpaired) electrons. The summed E-state index contributed by atoms with van der Waals surface area (Å²) in [7, 11) is 1.53. The first-order valence-corrected chi connectivity index (χ1v) is 8.58. The van der Waals surface area contributed by atoms with Crippen molar-refractivity contribution in [1.82, 2.24) is 0 Å². The lowest BCUT2D eigenvalue weighted by Crippen LogP contribution is -2.18. The number of carbonyl (C=O) groups excluding carboxylic acids is 2. The molecule has 0 heterocycles. The van der Waals surface area contributed by atoms with E-state index in [4.69, 9.17) is 4.74 Å². The average molecular weight is 355 g/mol. The number of amides is 1. The van der Waals surface area contributed by atoms with E-state index in [1.165, 1.54) is 14.0 Å². The van der Waals surface area contributed by atoms with Crippen molar-refractivity contribution in [2.45, 2.75) is 33.3 Å². The van der Waals surface area contributed by atoms with Crippen LogP contribution >= 0.6 is 0 Å². The molecular weight excluding hydrogens is 330 g/mol. The Hall–Kier alpha value is -2.66. The van der Waals surface area contributed by atoms with Gasteiger partial charge < -0.3 is 15.2 Å². The fourth-order valence-corrected chi connectivity index (χ4v) is 2.73.